The number of nitrogens with zero attached hydrogens (tertiary/aromatic N) is 3. The maximum Gasteiger partial charge on any atom is 0.404 e. The second-order valence-electron chi connectivity index (χ2n) is 7.85. The molecule has 0 aliphatic carbocycles. The Bertz CT molecular complexity index is 1200. The molecule has 3 aromatic rings. The van der Waals surface area contributed by atoms with Gasteiger partial charge in [-0.3, -0.25) is 0 Å². The van der Waals surface area contributed by atoms with Gasteiger partial charge in [-0.25, -0.2) is 19.2 Å². The zero-order chi connectivity index (χ0) is 25.9. The summed E-state index contributed by atoms with van der Waals surface area (Å²) < 4.78 is 25.4. The van der Waals surface area contributed by atoms with E-state index in [1.165, 1.54) is 6.20 Å². The summed E-state index contributed by atoms with van der Waals surface area (Å²) in [6, 6.07) is 14.6. The normalized spacial score (nSPS) is 12.2. The number of hydrogen-bond donors (Lipinski definition) is 4. The fourth-order valence-electron chi connectivity index (χ4n) is 3.39. The molecule has 0 fully saturated rings. The number of nitriles is 1. The predicted molar refractivity (Wildman–Crippen MR) is 132 cm³/mol. The van der Waals surface area contributed by atoms with Crippen molar-refractivity contribution >= 4 is 23.4 Å². The van der Waals surface area contributed by atoms with Crippen LogP contribution in [0.3, 0.4) is 0 Å². The lowest BCUT2D eigenvalue weighted by Crippen LogP contribution is -2.45. The molecule has 0 aliphatic heterocycles. The molecule has 0 aliphatic rings. The van der Waals surface area contributed by atoms with Crippen LogP contribution in [0.15, 0.2) is 54.7 Å². The second-order valence-corrected chi connectivity index (χ2v) is 7.85. The summed E-state index contributed by atoms with van der Waals surface area (Å²) >= 11 is 0. The number of rotatable bonds is 12. The van der Waals surface area contributed by atoms with Crippen molar-refractivity contribution in [2.45, 2.75) is 25.4 Å². The van der Waals surface area contributed by atoms with Gasteiger partial charge < -0.3 is 30.5 Å². The minimum Gasteiger partial charge on any atom is -0.475 e. The lowest BCUT2D eigenvalue weighted by molar-refractivity contribution is 0.144. The molecule has 4 N–H and O–H groups in total. The van der Waals surface area contributed by atoms with Crippen LogP contribution >= 0.6 is 0 Å². The third kappa shape index (κ3) is 7.54. The fraction of sp³-hybridized carbons (Fsp3) is 0.280. The van der Waals surface area contributed by atoms with Gasteiger partial charge in [0.15, 0.2) is 17.5 Å². The van der Waals surface area contributed by atoms with Crippen LogP contribution < -0.4 is 20.7 Å². The van der Waals surface area contributed by atoms with Crippen LogP contribution in [0, 0.1) is 17.1 Å². The summed E-state index contributed by atoms with van der Waals surface area (Å²) in [5, 5.41) is 27.2. The van der Waals surface area contributed by atoms with Gasteiger partial charge in [0.05, 0.1) is 18.2 Å². The Morgan fingerprint density at radius 1 is 1.19 bits per heavy atom. The van der Waals surface area contributed by atoms with E-state index in [4.69, 9.17) is 9.47 Å². The van der Waals surface area contributed by atoms with E-state index in [1.807, 2.05) is 36.4 Å². The van der Waals surface area contributed by atoms with Crippen LogP contribution in [0.2, 0.25) is 0 Å². The standard InChI is InChI=1S/C25H27FN6O4/c1-16(29-25(33)34)21(12-17-6-4-3-5-7-17)31-24-20(26)13-18(15-27)23(32-24)30-19-8-9-28-22(14-19)36-11-10-35-2/h3-9,13-14,16,21,29H,10-12H2,1-2H3,(H,33,34)(H2,28,30,31,32)/t16-,21-/m0/s1. The molecule has 2 atom stereocenters. The molecular formula is C25H27FN6O4. The van der Waals surface area contributed by atoms with Gasteiger partial charge in [-0.2, -0.15) is 5.26 Å². The molecule has 188 valence electrons. The lowest BCUT2D eigenvalue weighted by atomic mass is 10.0. The molecule has 0 bridgehead atoms. The van der Waals surface area contributed by atoms with Gasteiger partial charge >= 0.3 is 6.09 Å². The average molecular weight is 495 g/mol. The predicted octanol–water partition coefficient (Wildman–Crippen LogP) is 3.94. The van der Waals surface area contributed by atoms with Crippen LogP contribution in [-0.2, 0) is 11.2 Å². The lowest BCUT2D eigenvalue weighted by Gasteiger charge is -2.26. The molecule has 0 radical (unpaired) electrons. The molecule has 3 rings (SSSR count). The SMILES string of the molecule is COCCOc1cc(Nc2nc(N[C@@H](Cc3ccccc3)[C@H](C)NC(=O)O)c(F)cc2C#N)ccn1. The minimum atomic E-state index is -1.20. The number of carboxylic acid groups (broad SMARTS) is 1. The average Bonchev–Trinajstić information content (AvgIpc) is 2.86. The molecule has 0 unspecified atom stereocenters. The molecule has 0 spiro atoms. The number of halogens is 1. The topological polar surface area (TPSA) is 141 Å². The largest absolute Gasteiger partial charge is 0.475 e. The van der Waals surface area contributed by atoms with E-state index in [1.54, 1.807) is 26.2 Å². The molecule has 0 saturated carbocycles. The molecule has 0 saturated heterocycles. The molecule has 1 aromatic carbocycles. The number of hydrogen-bond acceptors (Lipinski definition) is 8. The zero-order valence-corrected chi connectivity index (χ0v) is 19.9. The van der Waals surface area contributed by atoms with Gasteiger partial charge in [-0.15, -0.1) is 0 Å². The van der Waals surface area contributed by atoms with E-state index in [0.717, 1.165) is 11.6 Å². The van der Waals surface area contributed by atoms with Crippen molar-refractivity contribution in [1.82, 2.24) is 15.3 Å². The third-order valence-corrected chi connectivity index (χ3v) is 5.21. The molecule has 1 amide bonds. The van der Waals surface area contributed by atoms with Crippen LogP contribution in [0.4, 0.5) is 26.5 Å². The molecule has 36 heavy (non-hydrogen) atoms. The fourth-order valence-corrected chi connectivity index (χ4v) is 3.39. The number of pyridine rings is 2. The molecule has 2 heterocycles. The zero-order valence-electron chi connectivity index (χ0n) is 19.9. The van der Waals surface area contributed by atoms with Gasteiger partial charge in [0.2, 0.25) is 5.88 Å². The van der Waals surface area contributed by atoms with Crippen molar-refractivity contribution in [3.8, 4) is 11.9 Å². The summed E-state index contributed by atoms with van der Waals surface area (Å²) in [5.74, 6) is -0.404. The summed E-state index contributed by atoms with van der Waals surface area (Å²) in [4.78, 5) is 19.7. The number of anilines is 3. The van der Waals surface area contributed by atoms with E-state index in [9.17, 15) is 19.6 Å². The van der Waals surface area contributed by atoms with Crippen LogP contribution in [0.1, 0.15) is 18.1 Å². The van der Waals surface area contributed by atoms with Crippen LogP contribution in [0.5, 0.6) is 5.88 Å². The van der Waals surface area contributed by atoms with Crippen molar-refractivity contribution in [1.29, 1.82) is 5.26 Å². The van der Waals surface area contributed by atoms with Crippen molar-refractivity contribution in [3.05, 3.63) is 71.7 Å². The van der Waals surface area contributed by atoms with E-state index < -0.39 is 24.0 Å². The van der Waals surface area contributed by atoms with Crippen molar-refractivity contribution in [2.75, 3.05) is 31.0 Å². The number of benzene rings is 1. The van der Waals surface area contributed by atoms with Gasteiger partial charge in [-0.1, -0.05) is 30.3 Å². The smallest absolute Gasteiger partial charge is 0.404 e. The number of ether oxygens (including phenoxy) is 2. The minimum absolute atomic E-state index is 0.00645. The number of carbonyl (C=O) groups is 1. The van der Waals surface area contributed by atoms with E-state index >= 15 is 0 Å². The van der Waals surface area contributed by atoms with Crippen molar-refractivity contribution in [2.24, 2.45) is 0 Å². The first kappa shape index (κ1) is 26.2. The van der Waals surface area contributed by atoms with Gasteiger partial charge in [0.1, 0.15) is 12.7 Å². The maximum absolute atomic E-state index is 14.9. The summed E-state index contributed by atoms with van der Waals surface area (Å²) in [5.41, 5.74) is 1.45. The second kappa shape index (κ2) is 12.9. The summed E-state index contributed by atoms with van der Waals surface area (Å²) in [7, 11) is 1.56. The number of aromatic nitrogens is 2. The van der Waals surface area contributed by atoms with Crippen LogP contribution in [0.25, 0.3) is 0 Å². The highest BCUT2D eigenvalue weighted by molar-refractivity contribution is 5.66. The third-order valence-electron chi connectivity index (χ3n) is 5.21. The van der Waals surface area contributed by atoms with E-state index in [-0.39, 0.29) is 17.2 Å². The number of methoxy groups -OCH3 is 1. The first-order valence-electron chi connectivity index (χ1n) is 11.1. The number of amides is 1. The Morgan fingerprint density at radius 3 is 2.67 bits per heavy atom. The van der Waals surface area contributed by atoms with Gasteiger partial charge in [-0.05, 0) is 31.0 Å². The van der Waals surface area contributed by atoms with Crippen LogP contribution in [-0.4, -0.2) is 53.6 Å². The highest BCUT2D eigenvalue weighted by Crippen LogP contribution is 2.26. The number of nitrogens with one attached hydrogen (secondary N) is 3. The molecule has 2 aromatic heterocycles. The van der Waals surface area contributed by atoms with Crippen molar-refractivity contribution < 1.29 is 23.8 Å². The first-order valence-corrected chi connectivity index (χ1v) is 11.1. The maximum atomic E-state index is 14.9. The highest BCUT2D eigenvalue weighted by Gasteiger charge is 2.22. The van der Waals surface area contributed by atoms with E-state index in [2.05, 4.69) is 25.9 Å². The van der Waals surface area contributed by atoms with E-state index in [0.29, 0.717) is 31.2 Å². The van der Waals surface area contributed by atoms with Gasteiger partial charge in [0.25, 0.3) is 0 Å². The quantitative estimate of drug-likeness (QED) is 0.276. The monoisotopic (exact) mass is 494 g/mol. The Labute approximate surface area is 208 Å². The first-order chi connectivity index (χ1) is 17.4. The Morgan fingerprint density at radius 2 is 1.97 bits per heavy atom. The molecule has 10 nitrogen and oxygen atoms in total. The molecular weight excluding hydrogens is 467 g/mol. The molecule has 11 heteroatoms. The highest BCUT2D eigenvalue weighted by atomic mass is 19.1. The summed E-state index contributed by atoms with van der Waals surface area (Å²) in [6.07, 6.45) is 0.728. The Hall–Kier alpha value is -4.43. The summed E-state index contributed by atoms with van der Waals surface area (Å²) in [6.45, 7) is 2.38. The Balaban J connectivity index is 1.87. The Kier molecular flexibility index (Phi) is 9.36. The van der Waals surface area contributed by atoms with Crippen molar-refractivity contribution in [3.63, 3.8) is 0 Å². The van der Waals surface area contributed by atoms with Gasteiger partial charge in [0, 0.05) is 31.1 Å².